The first-order valence-corrected chi connectivity index (χ1v) is 5.44. The highest BCUT2D eigenvalue weighted by molar-refractivity contribution is 7.32. The summed E-state index contributed by atoms with van der Waals surface area (Å²) >= 11 is 0. The molecular weight excluding hydrogens is 231 g/mol. The van der Waals surface area contributed by atoms with Gasteiger partial charge in [0.05, 0.1) is 6.61 Å². The molecule has 0 aliphatic carbocycles. The maximum atomic E-state index is 10.4. The number of hydrogen-bond donors (Lipinski definition) is 5. The van der Waals surface area contributed by atoms with Crippen molar-refractivity contribution < 1.29 is 39.1 Å². The molecule has 1 saturated heterocycles. The molecule has 9 heteroatoms. The first-order valence-electron chi connectivity index (χ1n) is 4.17. The summed E-state index contributed by atoms with van der Waals surface area (Å²) in [6.45, 7) is -0.614. The molecule has 90 valence electrons. The van der Waals surface area contributed by atoms with Crippen LogP contribution in [0.2, 0.25) is 0 Å². The summed E-state index contributed by atoms with van der Waals surface area (Å²) in [6, 6.07) is 0. The minimum Gasteiger partial charge on any atom is -0.394 e. The zero-order chi connectivity index (χ0) is 11.6. The van der Waals surface area contributed by atoms with Crippen molar-refractivity contribution >= 4 is 8.25 Å². The van der Waals surface area contributed by atoms with E-state index in [4.69, 9.17) is 14.7 Å². The Morgan fingerprint density at radius 3 is 2.27 bits per heavy atom. The lowest BCUT2D eigenvalue weighted by Gasteiger charge is -2.38. The van der Waals surface area contributed by atoms with E-state index >= 15 is 0 Å². The Morgan fingerprint density at radius 1 is 1.20 bits per heavy atom. The van der Waals surface area contributed by atoms with Gasteiger partial charge in [-0.25, -0.2) is 0 Å². The largest absolute Gasteiger partial charge is 0.394 e. The zero-order valence-electron chi connectivity index (χ0n) is 7.55. The van der Waals surface area contributed by atoms with Gasteiger partial charge in [0.2, 0.25) is 0 Å². The minimum atomic E-state index is -3.35. The fourth-order valence-electron chi connectivity index (χ4n) is 1.26. The number of ether oxygens (including phenoxy) is 1. The normalized spacial score (nSPS) is 43.9. The second-order valence-electron chi connectivity index (χ2n) is 3.08. The van der Waals surface area contributed by atoms with Crippen LogP contribution in [0.4, 0.5) is 0 Å². The van der Waals surface area contributed by atoms with E-state index < -0.39 is 45.6 Å². The molecular formula is C6H13O8P. The van der Waals surface area contributed by atoms with E-state index in [1.54, 1.807) is 0 Å². The SMILES string of the molecule is O=[PH](O)O[C@H]1O[C@H](CO)[C@@H](O)[C@H](O)[C@H]1O. The molecule has 0 bridgehead atoms. The van der Waals surface area contributed by atoms with Crippen molar-refractivity contribution in [1.82, 2.24) is 0 Å². The van der Waals surface area contributed by atoms with Crippen LogP contribution in [0, 0.1) is 0 Å². The Kier molecular flexibility index (Phi) is 4.63. The molecule has 0 aromatic rings. The molecule has 1 heterocycles. The third-order valence-electron chi connectivity index (χ3n) is 2.07. The number of aliphatic hydroxyl groups excluding tert-OH is 4. The fraction of sp³-hybridized carbons (Fsp3) is 1.00. The van der Waals surface area contributed by atoms with Crippen molar-refractivity contribution in [3.05, 3.63) is 0 Å². The lowest BCUT2D eigenvalue weighted by molar-refractivity contribution is -0.277. The Hall–Kier alpha value is -0.0500. The molecule has 0 aromatic heterocycles. The van der Waals surface area contributed by atoms with Gasteiger partial charge in [0.25, 0.3) is 0 Å². The van der Waals surface area contributed by atoms with E-state index in [0.29, 0.717) is 0 Å². The molecule has 6 atom stereocenters. The molecule has 0 saturated carbocycles. The van der Waals surface area contributed by atoms with Crippen molar-refractivity contribution in [2.75, 3.05) is 6.61 Å². The summed E-state index contributed by atoms with van der Waals surface area (Å²) in [5, 5.41) is 36.6. The maximum absolute atomic E-state index is 10.4. The lowest BCUT2D eigenvalue weighted by atomic mass is 10.00. The highest BCUT2D eigenvalue weighted by Crippen LogP contribution is 2.28. The highest BCUT2D eigenvalue weighted by Gasteiger charge is 2.44. The quantitative estimate of drug-likeness (QED) is 0.335. The van der Waals surface area contributed by atoms with E-state index in [9.17, 15) is 19.9 Å². The van der Waals surface area contributed by atoms with Crippen molar-refractivity contribution in [2.24, 2.45) is 0 Å². The summed E-state index contributed by atoms with van der Waals surface area (Å²) in [6.07, 6.45) is -7.45. The second kappa shape index (κ2) is 5.33. The fourth-order valence-corrected chi connectivity index (χ4v) is 1.66. The molecule has 5 N–H and O–H groups in total. The first-order chi connectivity index (χ1) is 6.97. The smallest absolute Gasteiger partial charge is 0.318 e. The molecule has 1 rings (SSSR count). The average Bonchev–Trinajstić information content (AvgIpc) is 2.18. The van der Waals surface area contributed by atoms with E-state index in [1.165, 1.54) is 0 Å². The topological polar surface area (TPSA) is 137 Å². The zero-order valence-corrected chi connectivity index (χ0v) is 8.55. The summed E-state index contributed by atoms with van der Waals surface area (Å²) in [4.78, 5) is 8.46. The average molecular weight is 244 g/mol. The van der Waals surface area contributed by atoms with Crippen molar-refractivity contribution in [1.29, 1.82) is 0 Å². The van der Waals surface area contributed by atoms with Crippen molar-refractivity contribution in [3.8, 4) is 0 Å². The molecule has 0 radical (unpaired) electrons. The molecule has 0 spiro atoms. The Labute approximate surface area is 85.6 Å². The van der Waals surface area contributed by atoms with Crippen molar-refractivity contribution in [2.45, 2.75) is 30.7 Å². The Bertz CT molecular complexity index is 233. The van der Waals surface area contributed by atoms with Crippen LogP contribution in [0.1, 0.15) is 0 Å². The van der Waals surface area contributed by atoms with E-state index in [1.807, 2.05) is 0 Å². The van der Waals surface area contributed by atoms with Crippen LogP contribution < -0.4 is 0 Å². The van der Waals surface area contributed by atoms with Gasteiger partial charge in [0.15, 0.2) is 6.29 Å². The summed E-state index contributed by atoms with van der Waals surface area (Å²) in [5.41, 5.74) is 0. The first kappa shape index (κ1) is 13.0. The number of aliphatic hydroxyl groups is 4. The van der Waals surface area contributed by atoms with Crippen molar-refractivity contribution in [3.63, 3.8) is 0 Å². The minimum absolute atomic E-state index is 0.614. The maximum Gasteiger partial charge on any atom is 0.318 e. The van der Waals surface area contributed by atoms with Gasteiger partial charge >= 0.3 is 8.25 Å². The predicted molar refractivity (Wildman–Crippen MR) is 46.1 cm³/mol. The van der Waals surface area contributed by atoms with Gasteiger partial charge in [-0.3, -0.25) is 9.09 Å². The summed E-state index contributed by atoms with van der Waals surface area (Å²) in [7, 11) is -3.35. The van der Waals surface area contributed by atoms with Gasteiger partial charge in [-0.15, -0.1) is 0 Å². The van der Waals surface area contributed by atoms with Crippen LogP contribution in [0.15, 0.2) is 0 Å². The van der Waals surface area contributed by atoms with Crippen LogP contribution in [-0.2, 0) is 13.8 Å². The molecule has 1 aliphatic heterocycles. The highest BCUT2D eigenvalue weighted by atomic mass is 31.1. The predicted octanol–water partition coefficient (Wildman–Crippen LogP) is -2.82. The van der Waals surface area contributed by atoms with E-state index in [2.05, 4.69) is 4.52 Å². The van der Waals surface area contributed by atoms with Gasteiger partial charge < -0.3 is 30.1 Å². The summed E-state index contributed by atoms with van der Waals surface area (Å²) in [5.74, 6) is 0. The molecule has 1 unspecified atom stereocenters. The van der Waals surface area contributed by atoms with Crippen LogP contribution in [0.3, 0.4) is 0 Å². The Morgan fingerprint density at radius 2 is 1.80 bits per heavy atom. The molecule has 1 aliphatic rings. The van der Waals surface area contributed by atoms with Crippen LogP contribution in [-0.4, -0.2) is 62.6 Å². The molecule has 8 nitrogen and oxygen atoms in total. The third-order valence-corrected chi connectivity index (χ3v) is 2.50. The van der Waals surface area contributed by atoms with Crippen LogP contribution in [0.25, 0.3) is 0 Å². The van der Waals surface area contributed by atoms with Gasteiger partial charge in [-0.1, -0.05) is 0 Å². The Balaban J connectivity index is 2.69. The standard InChI is InChI=1S/C6H13O8P/c7-1-2-3(8)4(9)5(10)6(13-2)14-15(11)12/h2-10,15H,1H2,(H,11,12)/t2-,3-,4+,5-,6-/m1/s1. The van der Waals surface area contributed by atoms with Gasteiger partial charge in [0, 0.05) is 0 Å². The molecule has 0 aromatic carbocycles. The molecule has 0 amide bonds. The van der Waals surface area contributed by atoms with Crippen LogP contribution in [0.5, 0.6) is 0 Å². The number of hydrogen-bond acceptors (Lipinski definition) is 7. The monoisotopic (exact) mass is 244 g/mol. The van der Waals surface area contributed by atoms with E-state index in [-0.39, 0.29) is 0 Å². The lowest BCUT2D eigenvalue weighted by Crippen LogP contribution is -2.58. The van der Waals surface area contributed by atoms with Crippen LogP contribution >= 0.6 is 8.25 Å². The second-order valence-corrected chi connectivity index (χ2v) is 3.85. The van der Waals surface area contributed by atoms with Gasteiger partial charge in [0.1, 0.15) is 24.4 Å². The van der Waals surface area contributed by atoms with Gasteiger partial charge in [-0.05, 0) is 0 Å². The number of rotatable bonds is 3. The third kappa shape index (κ3) is 2.96. The summed E-state index contributed by atoms with van der Waals surface area (Å²) < 4.78 is 19.4. The molecule has 1 fully saturated rings. The van der Waals surface area contributed by atoms with Gasteiger partial charge in [-0.2, -0.15) is 0 Å². The van der Waals surface area contributed by atoms with E-state index in [0.717, 1.165) is 0 Å². The molecule has 15 heavy (non-hydrogen) atoms.